The van der Waals surface area contributed by atoms with E-state index in [0.717, 1.165) is 33.8 Å². The largest absolute Gasteiger partial charge is 0.344 e. The Balaban J connectivity index is 1.50. The molecule has 8 nitrogen and oxygen atoms in total. The Bertz CT molecular complexity index is 1290. The quantitative estimate of drug-likeness (QED) is 0.487. The molecule has 4 rings (SSSR count). The molecule has 0 saturated carbocycles. The number of amidine groups is 1. The van der Waals surface area contributed by atoms with Crippen LogP contribution >= 0.6 is 11.3 Å². The van der Waals surface area contributed by atoms with Crippen LogP contribution in [0.1, 0.15) is 72.9 Å². The van der Waals surface area contributed by atoms with E-state index in [0.29, 0.717) is 16.7 Å². The van der Waals surface area contributed by atoms with Crippen molar-refractivity contribution in [3.8, 4) is 11.3 Å². The van der Waals surface area contributed by atoms with Gasteiger partial charge in [0.05, 0.1) is 29.2 Å². The molecule has 1 aliphatic rings. The van der Waals surface area contributed by atoms with Gasteiger partial charge in [0.25, 0.3) is 5.91 Å². The molecule has 2 aromatic heterocycles. The lowest BCUT2D eigenvalue weighted by Gasteiger charge is -2.20. The second-order valence-electron chi connectivity index (χ2n) is 9.60. The summed E-state index contributed by atoms with van der Waals surface area (Å²) in [4.78, 5) is 35.5. The Hall–Kier alpha value is -3.46. The Morgan fingerprint density at radius 2 is 2.00 bits per heavy atom. The molecule has 1 aliphatic heterocycles. The van der Waals surface area contributed by atoms with Crippen molar-refractivity contribution in [2.24, 2.45) is 9.98 Å². The topological polar surface area (TPSA) is 105 Å². The molecule has 2 atom stereocenters. The molecule has 2 unspecified atom stereocenters. The number of amides is 1. The minimum atomic E-state index is -0.0963. The average molecular weight is 490 g/mol. The number of aromatic nitrogens is 3. The van der Waals surface area contributed by atoms with Gasteiger partial charge in [0.2, 0.25) is 5.95 Å². The molecule has 35 heavy (non-hydrogen) atoms. The van der Waals surface area contributed by atoms with Crippen LogP contribution in [0.15, 0.2) is 46.6 Å². The number of aliphatic imine (C=N–C) groups is 2. The van der Waals surface area contributed by atoms with E-state index in [1.807, 2.05) is 19.1 Å². The molecule has 0 spiro atoms. The van der Waals surface area contributed by atoms with E-state index in [4.69, 9.17) is 0 Å². The number of hydrogen-bond donors (Lipinski definition) is 2. The van der Waals surface area contributed by atoms with Crippen LogP contribution in [0.3, 0.4) is 0 Å². The second kappa shape index (κ2) is 10.0. The lowest BCUT2D eigenvalue weighted by atomic mass is 9.96. The first-order chi connectivity index (χ1) is 16.6. The minimum absolute atomic E-state index is 0.0767. The monoisotopic (exact) mass is 489 g/mol. The number of benzene rings is 1. The molecule has 0 fully saturated rings. The summed E-state index contributed by atoms with van der Waals surface area (Å²) in [6.07, 6.45) is 5.78. The number of carbonyl (C=O) groups is 1. The van der Waals surface area contributed by atoms with Gasteiger partial charge >= 0.3 is 0 Å². The summed E-state index contributed by atoms with van der Waals surface area (Å²) in [7, 11) is 0. The van der Waals surface area contributed by atoms with Crippen molar-refractivity contribution >= 4 is 35.2 Å². The Morgan fingerprint density at radius 1 is 1.20 bits per heavy atom. The summed E-state index contributed by atoms with van der Waals surface area (Å²) in [5.74, 6) is 1.03. The number of nitrogens with zero attached hydrogens (tertiary/aromatic N) is 5. The van der Waals surface area contributed by atoms with Crippen molar-refractivity contribution in [3.63, 3.8) is 0 Å². The predicted molar refractivity (Wildman–Crippen MR) is 143 cm³/mol. The number of thiazole rings is 1. The number of anilines is 1. The molecule has 1 aromatic carbocycles. The number of aryl methyl sites for hydroxylation is 1. The summed E-state index contributed by atoms with van der Waals surface area (Å²) in [6, 6.07) is 7.97. The standard InChI is InChI=1S/C26H31N7OS/c1-7-19(31-23(34)21-13-29-24(35-21)26(4,5)6)18-9-8-17(12-15(18)2)20-10-11-27-25(32-20)33-22-14-28-16(3)30-22/h8-14,16,19H,7H2,1-6H3,(H,31,34)(H,27,30,32,33). The third-order valence-corrected chi connectivity index (χ3v) is 7.08. The molecule has 0 bridgehead atoms. The third kappa shape index (κ3) is 5.79. The minimum Gasteiger partial charge on any atom is -0.344 e. The zero-order chi connectivity index (χ0) is 25.2. The highest BCUT2D eigenvalue weighted by atomic mass is 32.1. The Kier molecular flexibility index (Phi) is 7.07. The molecule has 0 radical (unpaired) electrons. The molecule has 3 heterocycles. The maximum absolute atomic E-state index is 12.9. The van der Waals surface area contributed by atoms with E-state index in [2.05, 4.69) is 82.3 Å². The SMILES string of the molecule is CCC(NC(=O)c1cnc(C(C)(C)C)s1)c1ccc(-c2ccnc(NC3=NC(C)N=C3)n2)cc1C. The number of nitrogens with one attached hydrogen (secondary N) is 2. The van der Waals surface area contributed by atoms with E-state index in [1.165, 1.54) is 11.3 Å². The van der Waals surface area contributed by atoms with Crippen molar-refractivity contribution in [3.05, 3.63) is 57.7 Å². The maximum atomic E-state index is 12.9. The third-order valence-electron chi connectivity index (χ3n) is 5.66. The summed E-state index contributed by atoms with van der Waals surface area (Å²) >= 11 is 1.45. The van der Waals surface area contributed by atoms with E-state index in [9.17, 15) is 4.79 Å². The van der Waals surface area contributed by atoms with Gasteiger partial charge in [-0.25, -0.2) is 19.9 Å². The first kappa shape index (κ1) is 24.7. The molecule has 0 saturated heterocycles. The lowest BCUT2D eigenvalue weighted by molar-refractivity contribution is 0.0939. The normalized spacial score (nSPS) is 16.2. The molecule has 182 valence electrons. The van der Waals surface area contributed by atoms with Crippen LogP contribution in [-0.4, -0.2) is 39.1 Å². The zero-order valence-electron chi connectivity index (χ0n) is 21.0. The van der Waals surface area contributed by atoms with Crippen LogP contribution in [0.4, 0.5) is 5.95 Å². The van der Waals surface area contributed by atoms with Crippen molar-refractivity contribution < 1.29 is 4.79 Å². The van der Waals surface area contributed by atoms with Crippen molar-refractivity contribution in [2.75, 3.05) is 5.32 Å². The average Bonchev–Trinajstić information content (AvgIpc) is 3.47. The fourth-order valence-corrected chi connectivity index (χ4v) is 4.66. The summed E-state index contributed by atoms with van der Waals surface area (Å²) in [6.45, 7) is 12.3. The van der Waals surface area contributed by atoms with Crippen LogP contribution in [0.2, 0.25) is 0 Å². The van der Waals surface area contributed by atoms with Crippen molar-refractivity contribution in [1.82, 2.24) is 20.3 Å². The molecular formula is C26H31N7OS. The molecule has 0 aliphatic carbocycles. The molecule has 3 aromatic rings. The predicted octanol–water partition coefficient (Wildman–Crippen LogP) is 5.33. The summed E-state index contributed by atoms with van der Waals surface area (Å²) in [5.41, 5.74) is 3.88. The molecule has 2 N–H and O–H groups in total. The fraction of sp³-hybridized carbons (Fsp3) is 0.385. The van der Waals surface area contributed by atoms with Crippen LogP contribution in [0, 0.1) is 6.92 Å². The van der Waals surface area contributed by atoms with Gasteiger partial charge in [-0.05, 0) is 43.5 Å². The summed E-state index contributed by atoms with van der Waals surface area (Å²) in [5, 5.41) is 7.25. The molecule has 9 heteroatoms. The Morgan fingerprint density at radius 3 is 2.63 bits per heavy atom. The number of rotatable bonds is 6. The highest BCUT2D eigenvalue weighted by Crippen LogP contribution is 2.29. The van der Waals surface area contributed by atoms with Gasteiger partial charge in [-0.3, -0.25) is 9.79 Å². The first-order valence-corrected chi connectivity index (χ1v) is 12.5. The fourth-order valence-electron chi connectivity index (χ4n) is 3.79. The number of carbonyl (C=O) groups excluding carboxylic acids is 1. The van der Waals surface area contributed by atoms with Gasteiger partial charge in [-0.1, -0.05) is 39.8 Å². The van der Waals surface area contributed by atoms with Gasteiger partial charge in [-0.15, -0.1) is 11.3 Å². The van der Waals surface area contributed by atoms with Crippen LogP contribution in [0.25, 0.3) is 11.3 Å². The van der Waals surface area contributed by atoms with Crippen LogP contribution in [-0.2, 0) is 5.41 Å². The van der Waals surface area contributed by atoms with Gasteiger partial charge in [0.1, 0.15) is 16.9 Å². The zero-order valence-corrected chi connectivity index (χ0v) is 21.8. The maximum Gasteiger partial charge on any atom is 0.263 e. The van der Waals surface area contributed by atoms with Gasteiger partial charge in [-0.2, -0.15) is 0 Å². The highest BCUT2D eigenvalue weighted by Gasteiger charge is 2.22. The van der Waals surface area contributed by atoms with Gasteiger partial charge in [0, 0.05) is 17.2 Å². The van der Waals surface area contributed by atoms with E-state index in [-0.39, 0.29) is 23.5 Å². The van der Waals surface area contributed by atoms with E-state index in [1.54, 1.807) is 18.6 Å². The first-order valence-electron chi connectivity index (χ1n) is 11.7. The van der Waals surface area contributed by atoms with Crippen molar-refractivity contribution in [2.45, 2.75) is 65.6 Å². The van der Waals surface area contributed by atoms with Crippen LogP contribution < -0.4 is 10.6 Å². The van der Waals surface area contributed by atoms with Crippen LogP contribution in [0.5, 0.6) is 0 Å². The lowest BCUT2D eigenvalue weighted by Crippen LogP contribution is -2.28. The second-order valence-corrected chi connectivity index (χ2v) is 10.6. The van der Waals surface area contributed by atoms with Crippen molar-refractivity contribution in [1.29, 1.82) is 0 Å². The smallest absolute Gasteiger partial charge is 0.263 e. The number of hydrogen-bond acceptors (Lipinski definition) is 8. The molecule has 1 amide bonds. The summed E-state index contributed by atoms with van der Waals surface area (Å²) < 4.78 is 0. The Labute approximate surface area is 210 Å². The molecular weight excluding hydrogens is 458 g/mol. The van der Waals surface area contributed by atoms with Gasteiger partial charge in [0.15, 0.2) is 0 Å². The van der Waals surface area contributed by atoms with E-state index < -0.39 is 0 Å². The van der Waals surface area contributed by atoms with Gasteiger partial charge < -0.3 is 10.6 Å². The van der Waals surface area contributed by atoms with E-state index >= 15 is 0 Å². The highest BCUT2D eigenvalue weighted by molar-refractivity contribution is 7.13.